The molecule has 1 aliphatic rings. The zero-order chi connectivity index (χ0) is 13.0. The van der Waals surface area contributed by atoms with Crippen LogP contribution < -0.4 is 5.32 Å². The number of nitrogens with zero attached hydrogens (tertiary/aromatic N) is 2. The van der Waals surface area contributed by atoms with Crippen LogP contribution in [0.15, 0.2) is 4.52 Å². The molecule has 1 aromatic heterocycles. The van der Waals surface area contributed by atoms with Crippen LogP contribution in [-0.2, 0) is 10.2 Å². The SMILES string of the molecule is CCCC1(c2nc(C(CC)OC)no2)CCNC1. The lowest BCUT2D eigenvalue weighted by atomic mass is 9.82. The van der Waals surface area contributed by atoms with Gasteiger partial charge in [0.15, 0.2) is 0 Å². The number of hydrogen-bond donors (Lipinski definition) is 1. The van der Waals surface area contributed by atoms with E-state index in [1.165, 1.54) is 0 Å². The van der Waals surface area contributed by atoms with E-state index in [2.05, 4.69) is 29.3 Å². The Morgan fingerprint density at radius 2 is 2.33 bits per heavy atom. The monoisotopic (exact) mass is 253 g/mol. The molecular weight excluding hydrogens is 230 g/mol. The number of hydrogen-bond acceptors (Lipinski definition) is 5. The quantitative estimate of drug-likeness (QED) is 0.842. The lowest BCUT2D eigenvalue weighted by molar-refractivity contribution is 0.0903. The van der Waals surface area contributed by atoms with Gasteiger partial charge >= 0.3 is 0 Å². The van der Waals surface area contributed by atoms with Crippen LogP contribution in [0.4, 0.5) is 0 Å². The van der Waals surface area contributed by atoms with Crippen LogP contribution in [0.3, 0.4) is 0 Å². The number of nitrogens with one attached hydrogen (secondary N) is 1. The van der Waals surface area contributed by atoms with E-state index in [4.69, 9.17) is 9.26 Å². The van der Waals surface area contributed by atoms with Crippen molar-refractivity contribution >= 4 is 0 Å². The lowest BCUT2D eigenvalue weighted by Crippen LogP contribution is -2.29. The standard InChI is InChI=1S/C13H23N3O2/c1-4-6-13(7-8-14-9-13)12-15-11(16-18-12)10(5-2)17-3/h10,14H,4-9H2,1-3H3. The van der Waals surface area contributed by atoms with Crippen LogP contribution in [0.5, 0.6) is 0 Å². The van der Waals surface area contributed by atoms with Crippen molar-refractivity contribution in [1.29, 1.82) is 0 Å². The van der Waals surface area contributed by atoms with Crippen LogP contribution in [0.1, 0.15) is 57.3 Å². The third-order valence-corrected chi connectivity index (χ3v) is 3.81. The zero-order valence-electron chi connectivity index (χ0n) is 11.5. The molecule has 0 aromatic carbocycles. The second-order valence-electron chi connectivity index (χ2n) is 5.05. The summed E-state index contributed by atoms with van der Waals surface area (Å²) < 4.78 is 10.9. The Morgan fingerprint density at radius 3 is 2.89 bits per heavy atom. The van der Waals surface area contributed by atoms with Crippen molar-refractivity contribution < 1.29 is 9.26 Å². The first-order valence-corrected chi connectivity index (χ1v) is 6.83. The molecule has 5 nitrogen and oxygen atoms in total. The maximum atomic E-state index is 5.51. The van der Waals surface area contributed by atoms with Crippen molar-refractivity contribution in [3.8, 4) is 0 Å². The van der Waals surface area contributed by atoms with Crippen LogP contribution in [0.2, 0.25) is 0 Å². The molecule has 2 unspecified atom stereocenters. The van der Waals surface area contributed by atoms with Gasteiger partial charge in [0.1, 0.15) is 6.10 Å². The van der Waals surface area contributed by atoms with Gasteiger partial charge in [-0.05, 0) is 25.8 Å². The molecule has 2 atom stereocenters. The molecule has 102 valence electrons. The lowest BCUT2D eigenvalue weighted by Gasteiger charge is -2.22. The largest absolute Gasteiger partial charge is 0.373 e. The van der Waals surface area contributed by atoms with E-state index in [9.17, 15) is 0 Å². The molecule has 0 aliphatic carbocycles. The van der Waals surface area contributed by atoms with Gasteiger partial charge in [-0.25, -0.2) is 0 Å². The number of ether oxygens (including phenoxy) is 1. The summed E-state index contributed by atoms with van der Waals surface area (Å²) in [6, 6.07) is 0. The van der Waals surface area contributed by atoms with Crippen molar-refractivity contribution in [1.82, 2.24) is 15.5 Å². The van der Waals surface area contributed by atoms with Crippen LogP contribution >= 0.6 is 0 Å². The highest BCUT2D eigenvalue weighted by Crippen LogP contribution is 2.35. The predicted molar refractivity (Wildman–Crippen MR) is 68.4 cm³/mol. The van der Waals surface area contributed by atoms with Gasteiger partial charge in [-0.15, -0.1) is 0 Å². The van der Waals surface area contributed by atoms with E-state index in [0.29, 0.717) is 5.82 Å². The summed E-state index contributed by atoms with van der Waals surface area (Å²) in [5, 5.41) is 7.50. The Balaban J connectivity index is 2.21. The van der Waals surface area contributed by atoms with E-state index >= 15 is 0 Å². The van der Waals surface area contributed by atoms with Gasteiger partial charge in [-0.1, -0.05) is 25.4 Å². The molecule has 0 amide bonds. The van der Waals surface area contributed by atoms with Crippen molar-refractivity contribution in [2.75, 3.05) is 20.2 Å². The van der Waals surface area contributed by atoms with Gasteiger partial charge in [0.05, 0.1) is 5.41 Å². The average molecular weight is 253 g/mol. The summed E-state index contributed by atoms with van der Waals surface area (Å²) >= 11 is 0. The summed E-state index contributed by atoms with van der Waals surface area (Å²) in [6.45, 7) is 6.22. The molecular formula is C13H23N3O2. The fourth-order valence-electron chi connectivity index (χ4n) is 2.76. The highest BCUT2D eigenvalue weighted by molar-refractivity contribution is 5.10. The molecule has 2 rings (SSSR count). The van der Waals surface area contributed by atoms with Crippen molar-refractivity contribution in [3.05, 3.63) is 11.7 Å². The Bertz CT molecular complexity index is 368. The normalized spacial score (nSPS) is 25.5. The molecule has 5 heteroatoms. The maximum Gasteiger partial charge on any atom is 0.234 e. The molecule has 0 bridgehead atoms. The molecule has 1 N–H and O–H groups in total. The second-order valence-corrected chi connectivity index (χ2v) is 5.05. The summed E-state index contributed by atoms with van der Waals surface area (Å²) in [5.41, 5.74) is 0.0338. The molecule has 0 spiro atoms. The third-order valence-electron chi connectivity index (χ3n) is 3.81. The van der Waals surface area contributed by atoms with Gasteiger partial charge in [-0.3, -0.25) is 0 Å². The minimum Gasteiger partial charge on any atom is -0.373 e. The number of aromatic nitrogens is 2. The zero-order valence-corrected chi connectivity index (χ0v) is 11.5. The average Bonchev–Trinajstić information content (AvgIpc) is 3.01. The summed E-state index contributed by atoms with van der Waals surface area (Å²) in [5.74, 6) is 1.46. The maximum absolute atomic E-state index is 5.51. The molecule has 1 fully saturated rings. The van der Waals surface area contributed by atoms with Crippen LogP contribution in [0, 0.1) is 0 Å². The first-order chi connectivity index (χ1) is 8.75. The van der Waals surface area contributed by atoms with Crippen molar-refractivity contribution in [2.45, 2.75) is 51.0 Å². The van der Waals surface area contributed by atoms with Crippen LogP contribution in [-0.4, -0.2) is 30.3 Å². The second kappa shape index (κ2) is 5.80. The van der Waals surface area contributed by atoms with Gasteiger partial charge in [0.2, 0.25) is 11.7 Å². The Hall–Kier alpha value is -0.940. The van der Waals surface area contributed by atoms with Crippen LogP contribution in [0.25, 0.3) is 0 Å². The van der Waals surface area contributed by atoms with Crippen molar-refractivity contribution in [3.63, 3.8) is 0 Å². The fourth-order valence-corrected chi connectivity index (χ4v) is 2.76. The number of rotatable bonds is 6. The summed E-state index contributed by atoms with van der Waals surface area (Å²) in [4.78, 5) is 4.58. The van der Waals surface area contributed by atoms with Gasteiger partial charge in [-0.2, -0.15) is 4.98 Å². The smallest absolute Gasteiger partial charge is 0.234 e. The first-order valence-electron chi connectivity index (χ1n) is 6.83. The molecule has 18 heavy (non-hydrogen) atoms. The van der Waals surface area contributed by atoms with Crippen molar-refractivity contribution in [2.24, 2.45) is 0 Å². The molecule has 1 aromatic rings. The molecule has 0 radical (unpaired) electrons. The summed E-state index contributed by atoms with van der Waals surface area (Å²) in [7, 11) is 1.68. The van der Waals surface area contributed by atoms with E-state index in [0.717, 1.165) is 44.7 Å². The summed E-state index contributed by atoms with van der Waals surface area (Å²) in [6.07, 6.45) is 4.09. The van der Waals surface area contributed by atoms with Gasteiger partial charge in [0, 0.05) is 13.7 Å². The molecule has 1 saturated heterocycles. The van der Waals surface area contributed by atoms with E-state index in [1.54, 1.807) is 7.11 Å². The molecule has 1 aliphatic heterocycles. The molecule has 2 heterocycles. The van der Waals surface area contributed by atoms with Gasteiger partial charge in [0.25, 0.3) is 0 Å². The highest BCUT2D eigenvalue weighted by atomic mass is 16.5. The number of methoxy groups -OCH3 is 1. The highest BCUT2D eigenvalue weighted by Gasteiger charge is 2.40. The van der Waals surface area contributed by atoms with E-state index < -0.39 is 0 Å². The topological polar surface area (TPSA) is 60.2 Å². The minimum atomic E-state index is -0.0597. The predicted octanol–water partition coefficient (Wildman–Crippen LogP) is 2.20. The minimum absolute atomic E-state index is 0.0338. The Morgan fingerprint density at radius 1 is 1.50 bits per heavy atom. The molecule has 0 saturated carbocycles. The van der Waals surface area contributed by atoms with E-state index in [1.807, 2.05) is 0 Å². The Labute approximate surface area is 108 Å². The van der Waals surface area contributed by atoms with Gasteiger partial charge < -0.3 is 14.6 Å². The third kappa shape index (κ3) is 2.42. The Kier molecular flexibility index (Phi) is 4.35. The fraction of sp³-hybridized carbons (Fsp3) is 0.846. The first kappa shape index (κ1) is 13.5. The van der Waals surface area contributed by atoms with E-state index in [-0.39, 0.29) is 11.5 Å².